The van der Waals surface area contributed by atoms with Crippen LogP contribution in [-0.2, 0) is 19.5 Å². The highest BCUT2D eigenvalue weighted by Gasteiger charge is 2.18. The number of aromatic nitrogens is 5. The highest BCUT2D eigenvalue weighted by atomic mass is 15.3. The van der Waals surface area contributed by atoms with Crippen LogP contribution in [0.5, 0.6) is 0 Å². The summed E-state index contributed by atoms with van der Waals surface area (Å²) in [5, 5.41) is 26.3. The van der Waals surface area contributed by atoms with Gasteiger partial charge in [0.2, 0.25) is 0 Å². The smallest absolute Gasteiger partial charge is 0.176 e. The number of hydrogen-bond donors (Lipinski definition) is 0. The van der Waals surface area contributed by atoms with E-state index < -0.39 is 0 Å². The summed E-state index contributed by atoms with van der Waals surface area (Å²) in [5.41, 5.74) is 0.427. The van der Waals surface area contributed by atoms with E-state index in [0.717, 1.165) is 37.5 Å². The summed E-state index contributed by atoms with van der Waals surface area (Å²) in [5.74, 6) is 1.81. The minimum absolute atomic E-state index is 0.154. The molecule has 0 saturated heterocycles. The SMILES string of the molecule is N#Cc1ncn(Cc2nnc3n2CCCC3)c1C#N. The quantitative estimate of drug-likeness (QED) is 0.780. The van der Waals surface area contributed by atoms with Crippen LogP contribution in [0.15, 0.2) is 6.33 Å². The van der Waals surface area contributed by atoms with Crippen molar-refractivity contribution in [3.8, 4) is 12.1 Å². The van der Waals surface area contributed by atoms with Crippen LogP contribution in [-0.4, -0.2) is 24.3 Å². The first-order valence-electron chi connectivity index (χ1n) is 6.09. The van der Waals surface area contributed by atoms with Gasteiger partial charge in [0, 0.05) is 13.0 Å². The van der Waals surface area contributed by atoms with Crippen LogP contribution in [0.3, 0.4) is 0 Å². The lowest BCUT2D eigenvalue weighted by Crippen LogP contribution is -2.15. The molecule has 2 aromatic rings. The highest BCUT2D eigenvalue weighted by molar-refractivity contribution is 5.36. The molecule has 0 N–H and O–H groups in total. The molecule has 0 aliphatic carbocycles. The maximum atomic E-state index is 9.08. The Morgan fingerprint density at radius 1 is 1.21 bits per heavy atom. The topological polar surface area (TPSA) is 96.1 Å². The molecule has 0 saturated carbocycles. The van der Waals surface area contributed by atoms with Crippen molar-refractivity contribution in [3.05, 3.63) is 29.4 Å². The van der Waals surface area contributed by atoms with Crippen LogP contribution in [0.25, 0.3) is 0 Å². The van der Waals surface area contributed by atoms with E-state index in [9.17, 15) is 0 Å². The number of nitriles is 2. The lowest BCUT2D eigenvalue weighted by molar-refractivity contribution is 0.501. The Labute approximate surface area is 109 Å². The predicted octanol–water partition coefficient (Wildman–Crippen LogP) is 0.603. The van der Waals surface area contributed by atoms with E-state index in [1.54, 1.807) is 4.57 Å². The van der Waals surface area contributed by atoms with Crippen molar-refractivity contribution in [1.29, 1.82) is 10.5 Å². The van der Waals surface area contributed by atoms with E-state index in [0.29, 0.717) is 6.54 Å². The largest absolute Gasteiger partial charge is 0.314 e. The summed E-state index contributed by atoms with van der Waals surface area (Å²) in [6.45, 7) is 1.34. The maximum Gasteiger partial charge on any atom is 0.176 e. The van der Waals surface area contributed by atoms with Crippen LogP contribution >= 0.6 is 0 Å². The zero-order valence-corrected chi connectivity index (χ0v) is 10.2. The van der Waals surface area contributed by atoms with Gasteiger partial charge in [-0.05, 0) is 12.8 Å². The molecular formula is C12H11N7. The van der Waals surface area contributed by atoms with Crippen molar-refractivity contribution in [2.24, 2.45) is 0 Å². The number of nitrogens with zero attached hydrogens (tertiary/aromatic N) is 7. The number of fused-ring (bicyclic) bond motifs is 1. The van der Waals surface area contributed by atoms with E-state index in [1.807, 2.05) is 12.1 Å². The summed E-state index contributed by atoms with van der Waals surface area (Å²) < 4.78 is 3.74. The van der Waals surface area contributed by atoms with E-state index >= 15 is 0 Å². The van der Waals surface area contributed by atoms with Crippen LogP contribution < -0.4 is 0 Å². The lowest BCUT2D eigenvalue weighted by Gasteiger charge is -2.14. The van der Waals surface area contributed by atoms with E-state index in [2.05, 4.69) is 19.7 Å². The maximum absolute atomic E-state index is 9.08. The summed E-state index contributed by atoms with van der Waals surface area (Å²) in [6.07, 6.45) is 4.72. The molecule has 0 unspecified atom stereocenters. The van der Waals surface area contributed by atoms with Crippen LogP contribution in [0.4, 0.5) is 0 Å². The monoisotopic (exact) mass is 253 g/mol. The molecule has 0 atom stereocenters. The van der Waals surface area contributed by atoms with Gasteiger partial charge in [0.15, 0.2) is 17.2 Å². The zero-order chi connectivity index (χ0) is 13.2. The zero-order valence-electron chi connectivity index (χ0n) is 10.2. The van der Waals surface area contributed by atoms with Crippen LogP contribution in [0, 0.1) is 22.7 Å². The third kappa shape index (κ3) is 1.85. The third-order valence-electron chi connectivity index (χ3n) is 3.30. The first-order valence-corrected chi connectivity index (χ1v) is 6.09. The molecule has 0 bridgehead atoms. The molecule has 0 spiro atoms. The molecule has 0 radical (unpaired) electrons. The minimum atomic E-state index is 0.154. The van der Waals surface area contributed by atoms with Gasteiger partial charge in [-0.25, -0.2) is 4.98 Å². The van der Waals surface area contributed by atoms with E-state index in [4.69, 9.17) is 10.5 Å². The highest BCUT2D eigenvalue weighted by Crippen LogP contribution is 2.16. The van der Waals surface area contributed by atoms with Crippen molar-refractivity contribution in [2.75, 3.05) is 0 Å². The molecule has 19 heavy (non-hydrogen) atoms. The molecule has 1 aliphatic heterocycles. The molecule has 2 aromatic heterocycles. The molecule has 1 aliphatic rings. The van der Waals surface area contributed by atoms with Gasteiger partial charge in [0.25, 0.3) is 0 Å². The predicted molar refractivity (Wildman–Crippen MR) is 63.7 cm³/mol. The van der Waals surface area contributed by atoms with Gasteiger partial charge >= 0.3 is 0 Å². The van der Waals surface area contributed by atoms with Crippen LogP contribution in [0.1, 0.15) is 35.9 Å². The molecule has 94 valence electrons. The first-order chi connectivity index (χ1) is 9.33. The van der Waals surface area contributed by atoms with Gasteiger partial charge in [-0.3, -0.25) is 0 Å². The third-order valence-corrected chi connectivity index (χ3v) is 3.30. The van der Waals surface area contributed by atoms with Crippen molar-refractivity contribution >= 4 is 0 Å². The van der Waals surface area contributed by atoms with Crippen molar-refractivity contribution in [1.82, 2.24) is 24.3 Å². The molecule has 0 amide bonds. The van der Waals surface area contributed by atoms with Gasteiger partial charge in [0.1, 0.15) is 18.0 Å². The van der Waals surface area contributed by atoms with Gasteiger partial charge < -0.3 is 9.13 Å². The Morgan fingerprint density at radius 2 is 2.11 bits per heavy atom. The van der Waals surface area contributed by atoms with Gasteiger partial charge in [-0.15, -0.1) is 10.2 Å². The Morgan fingerprint density at radius 3 is 2.89 bits per heavy atom. The number of hydrogen-bond acceptors (Lipinski definition) is 5. The Kier molecular flexibility index (Phi) is 2.73. The van der Waals surface area contributed by atoms with Gasteiger partial charge in [-0.1, -0.05) is 0 Å². The van der Waals surface area contributed by atoms with E-state index in [-0.39, 0.29) is 11.4 Å². The fourth-order valence-electron chi connectivity index (χ4n) is 2.34. The summed E-state index contributed by atoms with van der Waals surface area (Å²) in [7, 11) is 0. The van der Waals surface area contributed by atoms with Crippen molar-refractivity contribution < 1.29 is 0 Å². The van der Waals surface area contributed by atoms with Crippen LogP contribution in [0.2, 0.25) is 0 Å². The van der Waals surface area contributed by atoms with Crippen molar-refractivity contribution in [2.45, 2.75) is 32.4 Å². The fraction of sp³-hybridized carbons (Fsp3) is 0.417. The molecule has 3 heterocycles. The average Bonchev–Trinajstić information content (AvgIpc) is 3.03. The average molecular weight is 253 g/mol. The second-order valence-electron chi connectivity index (χ2n) is 4.43. The van der Waals surface area contributed by atoms with Gasteiger partial charge in [0.05, 0.1) is 12.9 Å². The summed E-state index contributed by atoms with van der Waals surface area (Å²) in [4.78, 5) is 3.92. The Hall–Kier alpha value is -2.67. The Bertz CT molecular complexity index is 695. The number of rotatable bonds is 2. The molecule has 3 rings (SSSR count). The van der Waals surface area contributed by atoms with Gasteiger partial charge in [-0.2, -0.15) is 10.5 Å². The normalized spacial score (nSPS) is 13.6. The second-order valence-corrected chi connectivity index (χ2v) is 4.43. The summed E-state index contributed by atoms with van der Waals surface area (Å²) in [6, 6.07) is 3.92. The fourth-order valence-corrected chi connectivity index (χ4v) is 2.34. The Balaban J connectivity index is 1.94. The van der Waals surface area contributed by atoms with Crippen molar-refractivity contribution in [3.63, 3.8) is 0 Å². The molecule has 0 aromatic carbocycles. The molecule has 0 fully saturated rings. The molecular weight excluding hydrogens is 242 g/mol. The first kappa shape index (κ1) is 11.4. The minimum Gasteiger partial charge on any atom is -0.314 e. The second kappa shape index (κ2) is 4.54. The molecule has 7 nitrogen and oxygen atoms in total. The standard InChI is InChI=1S/C12H11N7/c13-5-9-10(6-14)18(8-15-9)7-12-17-16-11-3-1-2-4-19(11)12/h8H,1-4,7H2. The number of aryl methyl sites for hydroxylation is 1. The summed E-state index contributed by atoms with van der Waals surface area (Å²) >= 11 is 0. The van der Waals surface area contributed by atoms with E-state index in [1.165, 1.54) is 6.33 Å². The number of imidazole rings is 1. The molecule has 7 heteroatoms. The lowest BCUT2D eigenvalue weighted by atomic mass is 10.2.